The Morgan fingerprint density at radius 2 is 1.87 bits per heavy atom. The van der Waals surface area contributed by atoms with E-state index in [0.29, 0.717) is 22.3 Å². The topological polar surface area (TPSA) is 90.0 Å². The molecule has 7 nitrogen and oxygen atoms in total. The molecule has 0 aromatic heterocycles. The number of esters is 2. The Hall–Kier alpha value is -2.81. The van der Waals surface area contributed by atoms with Gasteiger partial charge in [-0.1, -0.05) is 35.3 Å². The molecular formula is C20H13Cl2NO6S. The van der Waals surface area contributed by atoms with Gasteiger partial charge in [0.2, 0.25) is 0 Å². The first-order valence-electron chi connectivity index (χ1n) is 8.38. The van der Waals surface area contributed by atoms with Crippen LogP contribution in [0, 0.1) is 0 Å². The molecule has 0 spiro atoms. The molecule has 0 saturated carbocycles. The number of ether oxygens (including phenoxy) is 2. The second-order valence-corrected chi connectivity index (χ2v) is 7.73. The minimum absolute atomic E-state index is 0.0428. The summed E-state index contributed by atoms with van der Waals surface area (Å²) >= 11 is 12.7. The van der Waals surface area contributed by atoms with Crippen LogP contribution in [0.2, 0.25) is 10.0 Å². The molecule has 0 N–H and O–H groups in total. The fourth-order valence-electron chi connectivity index (χ4n) is 2.48. The van der Waals surface area contributed by atoms with Gasteiger partial charge in [0.1, 0.15) is 12.3 Å². The Balaban J connectivity index is 1.90. The highest BCUT2D eigenvalue weighted by molar-refractivity contribution is 8.18. The van der Waals surface area contributed by atoms with E-state index in [2.05, 4.69) is 4.74 Å². The molecule has 1 saturated heterocycles. The standard InChI is InChI=1S/C20H13Cl2NO6S/c1-28-17(24)10-23-18(25)16(30-20(23)27)9-11-8-12(21)6-7-15(11)29-19(26)13-4-2-3-5-14(13)22/h2-9H,10H2,1H3/b16-9-. The van der Waals surface area contributed by atoms with Gasteiger partial charge in [-0.15, -0.1) is 0 Å². The molecule has 0 bridgehead atoms. The smallest absolute Gasteiger partial charge is 0.345 e. The van der Waals surface area contributed by atoms with Crippen LogP contribution in [0.3, 0.4) is 0 Å². The van der Waals surface area contributed by atoms with Crippen molar-refractivity contribution in [3.05, 3.63) is 68.5 Å². The first-order chi connectivity index (χ1) is 14.3. The lowest BCUT2D eigenvalue weighted by molar-refractivity contribution is -0.143. The molecule has 1 aliphatic heterocycles. The zero-order valence-electron chi connectivity index (χ0n) is 15.4. The average Bonchev–Trinajstić information content (AvgIpc) is 2.97. The Bertz CT molecular complexity index is 1080. The van der Waals surface area contributed by atoms with E-state index in [1.807, 2.05) is 0 Å². The molecule has 1 heterocycles. The summed E-state index contributed by atoms with van der Waals surface area (Å²) in [6.07, 6.45) is 1.36. The van der Waals surface area contributed by atoms with Crippen LogP contribution < -0.4 is 4.74 Å². The number of rotatable bonds is 5. The Morgan fingerprint density at radius 3 is 2.57 bits per heavy atom. The van der Waals surface area contributed by atoms with Crippen LogP contribution in [0.5, 0.6) is 5.75 Å². The van der Waals surface area contributed by atoms with E-state index in [0.717, 1.165) is 12.0 Å². The predicted molar refractivity (Wildman–Crippen MR) is 113 cm³/mol. The third-order valence-corrected chi connectivity index (χ3v) is 5.42. The van der Waals surface area contributed by atoms with Crippen LogP contribution in [0.1, 0.15) is 15.9 Å². The van der Waals surface area contributed by atoms with Crippen LogP contribution in [-0.2, 0) is 14.3 Å². The van der Waals surface area contributed by atoms with Gasteiger partial charge in [0.05, 0.1) is 22.6 Å². The fraction of sp³-hybridized carbons (Fsp3) is 0.100. The highest BCUT2D eigenvalue weighted by Crippen LogP contribution is 2.35. The first kappa shape index (κ1) is 21.9. The van der Waals surface area contributed by atoms with E-state index in [9.17, 15) is 19.2 Å². The average molecular weight is 466 g/mol. The summed E-state index contributed by atoms with van der Waals surface area (Å²) in [5, 5.41) is -0.0668. The summed E-state index contributed by atoms with van der Waals surface area (Å²) < 4.78 is 9.92. The van der Waals surface area contributed by atoms with Crippen LogP contribution in [0.25, 0.3) is 6.08 Å². The van der Waals surface area contributed by atoms with Gasteiger partial charge >= 0.3 is 11.9 Å². The maximum atomic E-state index is 12.5. The number of benzene rings is 2. The number of hydrogen-bond acceptors (Lipinski definition) is 7. The van der Waals surface area contributed by atoms with Crippen LogP contribution in [0.15, 0.2) is 47.4 Å². The summed E-state index contributed by atoms with van der Waals surface area (Å²) in [7, 11) is 1.16. The van der Waals surface area contributed by atoms with Crippen molar-refractivity contribution in [2.24, 2.45) is 0 Å². The summed E-state index contributed by atoms with van der Waals surface area (Å²) in [5.41, 5.74) is 0.463. The first-order valence-corrected chi connectivity index (χ1v) is 9.96. The van der Waals surface area contributed by atoms with Gasteiger partial charge < -0.3 is 9.47 Å². The zero-order chi connectivity index (χ0) is 21.8. The highest BCUT2D eigenvalue weighted by Gasteiger charge is 2.36. The minimum atomic E-state index is -0.726. The van der Waals surface area contributed by atoms with Gasteiger partial charge in [-0.2, -0.15) is 0 Å². The maximum absolute atomic E-state index is 12.5. The molecule has 1 aliphatic rings. The van der Waals surface area contributed by atoms with E-state index in [1.54, 1.807) is 18.2 Å². The van der Waals surface area contributed by atoms with E-state index < -0.39 is 29.6 Å². The lowest BCUT2D eigenvalue weighted by Gasteiger charge is -2.10. The molecule has 3 rings (SSSR count). The number of halogens is 2. The summed E-state index contributed by atoms with van der Waals surface area (Å²) in [4.78, 5) is 49.3. The molecule has 10 heteroatoms. The summed E-state index contributed by atoms with van der Waals surface area (Å²) in [5.74, 6) is -1.98. The molecule has 30 heavy (non-hydrogen) atoms. The summed E-state index contributed by atoms with van der Waals surface area (Å²) in [6.45, 7) is -0.498. The number of thioether (sulfide) groups is 1. The Labute approximate surface area is 185 Å². The second kappa shape index (κ2) is 9.34. The SMILES string of the molecule is COC(=O)CN1C(=O)S/C(=C\c2cc(Cl)ccc2OC(=O)c2ccccc2Cl)C1=O. The minimum Gasteiger partial charge on any atom is -0.468 e. The number of carbonyl (C=O) groups is 4. The Morgan fingerprint density at radius 1 is 1.13 bits per heavy atom. The van der Waals surface area contributed by atoms with E-state index in [4.69, 9.17) is 27.9 Å². The Kier molecular flexibility index (Phi) is 6.81. The molecule has 2 aromatic rings. The van der Waals surface area contributed by atoms with Gasteiger partial charge in [0.25, 0.3) is 11.1 Å². The zero-order valence-corrected chi connectivity index (χ0v) is 17.7. The van der Waals surface area contributed by atoms with Crippen LogP contribution in [0.4, 0.5) is 4.79 Å². The third-order valence-electron chi connectivity index (χ3n) is 3.94. The number of carbonyl (C=O) groups excluding carboxylic acids is 4. The molecule has 0 aliphatic carbocycles. The fourth-order valence-corrected chi connectivity index (χ4v) is 3.70. The van der Waals surface area contributed by atoms with Crippen molar-refractivity contribution in [2.45, 2.75) is 0 Å². The van der Waals surface area contributed by atoms with Gasteiger partial charge in [0.15, 0.2) is 0 Å². The van der Waals surface area contributed by atoms with Crippen molar-refractivity contribution in [3.8, 4) is 5.75 Å². The quantitative estimate of drug-likeness (QED) is 0.366. The molecular weight excluding hydrogens is 453 g/mol. The van der Waals surface area contributed by atoms with E-state index in [1.165, 1.54) is 30.3 Å². The number of amides is 2. The van der Waals surface area contributed by atoms with Crippen molar-refractivity contribution in [1.82, 2.24) is 4.90 Å². The van der Waals surface area contributed by atoms with E-state index >= 15 is 0 Å². The van der Waals surface area contributed by atoms with Crippen LogP contribution >= 0.6 is 35.0 Å². The largest absolute Gasteiger partial charge is 0.468 e. The van der Waals surface area contributed by atoms with Crippen molar-refractivity contribution in [2.75, 3.05) is 13.7 Å². The molecule has 2 amide bonds. The number of hydrogen-bond donors (Lipinski definition) is 0. The van der Waals surface area contributed by atoms with Crippen molar-refractivity contribution >= 4 is 64.1 Å². The molecule has 1 fully saturated rings. The van der Waals surface area contributed by atoms with Crippen molar-refractivity contribution in [1.29, 1.82) is 0 Å². The number of imide groups is 1. The third kappa shape index (κ3) is 4.84. The maximum Gasteiger partial charge on any atom is 0.345 e. The molecule has 0 radical (unpaired) electrons. The lowest BCUT2D eigenvalue weighted by atomic mass is 10.1. The molecule has 154 valence electrons. The second-order valence-electron chi connectivity index (χ2n) is 5.90. The monoisotopic (exact) mass is 465 g/mol. The highest BCUT2D eigenvalue weighted by atomic mass is 35.5. The van der Waals surface area contributed by atoms with Crippen molar-refractivity contribution < 1.29 is 28.7 Å². The van der Waals surface area contributed by atoms with Gasteiger partial charge in [0, 0.05) is 10.6 Å². The molecule has 0 atom stereocenters. The van der Waals surface area contributed by atoms with Gasteiger partial charge in [-0.3, -0.25) is 19.3 Å². The predicted octanol–water partition coefficient (Wildman–Crippen LogP) is 4.42. The molecule has 0 unspecified atom stereocenters. The normalized spacial score (nSPS) is 14.9. The van der Waals surface area contributed by atoms with Gasteiger partial charge in [-0.25, -0.2) is 4.79 Å². The van der Waals surface area contributed by atoms with Crippen molar-refractivity contribution in [3.63, 3.8) is 0 Å². The van der Waals surface area contributed by atoms with E-state index in [-0.39, 0.29) is 21.2 Å². The van der Waals surface area contributed by atoms with Gasteiger partial charge in [-0.05, 0) is 48.2 Å². The molecule has 2 aromatic carbocycles. The van der Waals surface area contributed by atoms with Crippen LogP contribution in [-0.4, -0.2) is 41.6 Å². The lowest BCUT2D eigenvalue weighted by Crippen LogP contribution is -2.34. The summed E-state index contributed by atoms with van der Waals surface area (Å²) in [6, 6.07) is 10.8. The number of methoxy groups -OCH3 is 1. The number of nitrogens with zero attached hydrogens (tertiary/aromatic N) is 1.